The van der Waals surface area contributed by atoms with Crippen LogP contribution in [0.1, 0.15) is 0 Å². The molecule has 1 heterocycles. The third kappa shape index (κ3) is 2.30. The van der Waals surface area contributed by atoms with E-state index in [1.54, 1.807) is 18.2 Å². The van der Waals surface area contributed by atoms with Crippen LogP contribution in [-0.4, -0.2) is 10.1 Å². The number of benzene rings is 2. The van der Waals surface area contributed by atoms with Gasteiger partial charge in [0.15, 0.2) is 0 Å². The fourth-order valence-electron chi connectivity index (χ4n) is 1.76. The summed E-state index contributed by atoms with van der Waals surface area (Å²) in [5.74, 6) is 0.880. The average Bonchev–Trinajstić information content (AvgIpc) is 2.89. The Morgan fingerprint density at radius 1 is 1.05 bits per heavy atom. The maximum atomic E-state index is 6.10. The van der Waals surface area contributed by atoms with Crippen molar-refractivity contribution in [2.24, 2.45) is 0 Å². The Morgan fingerprint density at radius 3 is 2.68 bits per heavy atom. The molecule has 0 saturated carbocycles. The molecular weight excluding hydrogens is 262 g/mol. The molecule has 0 radical (unpaired) electrons. The van der Waals surface area contributed by atoms with Crippen molar-refractivity contribution in [2.45, 2.75) is 0 Å². The number of anilines is 1. The van der Waals surface area contributed by atoms with Gasteiger partial charge in [-0.25, -0.2) is 0 Å². The van der Waals surface area contributed by atoms with E-state index in [4.69, 9.17) is 21.9 Å². The van der Waals surface area contributed by atoms with Crippen molar-refractivity contribution in [1.82, 2.24) is 10.1 Å². The van der Waals surface area contributed by atoms with Crippen LogP contribution in [-0.2, 0) is 0 Å². The maximum Gasteiger partial charge on any atom is 0.258 e. The van der Waals surface area contributed by atoms with Crippen molar-refractivity contribution < 1.29 is 4.52 Å². The van der Waals surface area contributed by atoms with Crippen LogP contribution in [0, 0.1) is 0 Å². The van der Waals surface area contributed by atoms with Gasteiger partial charge >= 0.3 is 0 Å². The number of hydrogen-bond acceptors (Lipinski definition) is 4. The molecule has 0 amide bonds. The molecule has 0 saturated heterocycles. The van der Waals surface area contributed by atoms with E-state index in [9.17, 15) is 0 Å². The quantitative estimate of drug-likeness (QED) is 0.723. The summed E-state index contributed by atoms with van der Waals surface area (Å²) < 4.78 is 5.24. The molecule has 1 aromatic heterocycles. The monoisotopic (exact) mass is 271 g/mol. The molecule has 0 fully saturated rings. The van der Waals surface area contributed by atoms with E-state index < -0.39 is 0 Å². The van der Waals surface area contributed by atoms with E-state index in [1.807, 2.05) is 30.3 Å². The van der Waals surface area contributed by atoms with Crippen molar-refractivity contribution in [3.63, 3.8) is 0 Å². The van der Waals surface area contributed by atoms with Gasteiger partial charge in [0, 0.05) is 16.8 Å². The first-order valence-corrected chi connectivity index (χ1v) is 6.06. The van der Waals surface area contributed by atoms with Gasteiger partial charge in [-0.15, -0.1) is 0 Å². The topological polar surface area (TPSA) is 64.9 Å². The van der Waals surface area contributed by atoms with Gasteiger partial charge in [0.05, 0.1) is 5.02 Å². The van der Waals surface area contributed by atoms with Crippen LogP contribution >= 0.6 is 11.6 Å². The number of rotatable bonds is 2. The minimum Gasteiger partial charge on any atom is -0.399 e. The van der Waals surface area contributed by atoms with Crippen molar-refractivity contribution in [3.05, 3.63) is 53.6 Å². The summed E-state index contributed by atoms with van der Waals surface area (Å²) in [6.07, 6.45) is 0. The zero-order valence-electron chi connectivity index (χ0n) is 9.88. The van der Waals surface area contributed by atoms with Crippen LogP contribution in [0.15, 0.2) is 53.1 Å². The molecule has 5 heteroatoms. The van der Waals surface area contributed by atoms with Crippen molar-refractivity contribution in [1.29, 1.82) is 0 Å². The summed E-state index contributed by atoms with van der Waals surface area (Å²) in [5, 5.41) is 4.53. The second-order valence-electron chi connectivity index (χ2n) is 4.03. The van der Waals surface area contributed by atoms with E-state index in [1.165, 1.54) is 0 Å². The number of nitrogens with two attached hydrogens (primary N) is 1. The normalized spacial score (nSPS) is 10.6. The lowest BCUT2D eigenvalue weighted by Gasteiger charge is -1.96. The van der Waals surface area contributed by atoms with E-state index in [-0.39, 0.29) is 0 Å². The van der Waals surface area contributed by atoms with Crippen LogP contribution in [0.4, 0.5) is 5.69 Å². The van der Waals surface area contributed by atoms with E-state index >= 15 is 0 Å². The van der Waals surface area contributed by atoms with Gasteiger partial charge in [-0.1, -0.05) is 35.0 Å². The largest absolute Gasteiger partial charge is 0.399 e. The first-order valence-electron chi connectivity index (χ1n) is 5.68. The summed E-state index contributed by atoms with van der Waals surface area (Å²) in [4.78, 5) is 4.33. The minimum absolute atomic E-state index is 0.419. The lowest BCUT2D eigenvalue weighted by atomic mass is 10.2. The van der Waals surface area contributed by atoms with E-state index in [0.29, 0.717) is 22.4 Å². The lowest BCUT2D eigenvalue weighted by Crippen LogP contribution is -1.85. The number of aromatic nitrogens is 2. The van der Waals surface area contributed by atoms with Gasteiger partial charge in [-0.3, -0.25) is 0 Å². The molecule has 19 heavy (non-hydrogen) atoms. The summed E-state index contributed by atoms with van der Waals surface area (Å²) in [6, 6.07) is 14.6. The zero-order chi connectivity index (χ0) is 13.2. The molecular formula is C14H10ClN3O. The standard InChI is InChI=1S/C14H10ClN3O/c15-12-7-2-1-6-11(12)13-17-14(19-18-13)9-4-3-5-10(16)8-9/h1-8H,16H2. The van der Waals surface area contributed by atoms with Gasteiger partial charge < -0.3 is 10.3 Å². The molecule has 2 aromatic carbocycles. The highest BCUT2D eigenvalue weighted by Gasteiger charge is 2.12. The molecule has 0 bridgehead atoms. The summed E-state index contributed by atoms with van der Waals surface area (Å²) in [7, 11) is 0. The SMILES string of the molecule is Nc1cccc(-c2nc(-c3ccccc3Cl)no2)c1. The summed E-state index contributed by atoms with van der Waals surface area (Å²) >= 11 is 6.10. The van der Waals surface area contributed by atoms with Gasteiger partial charge in [0.25, 0.3) is 5.89 Å². The predicted octanol–water partition coefficient (Wildman–Crippen LogP) is 3.64. The Labute approximate surface area is 114 Å². The first kappa shape index (κ1) is 11.7. The Kier molecular flexibility index (Phi) is 2.93. The van der Waals surface area contributed by atoms with Crippen molar-refractivity contribution >= 4 is 17.3 Å². The fourth-order valence-corrected chi connectivity index (χ4v) is 1.98. The first-order chi connectivity index (χ1) is 9.24. The minimum atomic E-state index is 0.419. The molecule has 0 spiro atoms. The second-order valence-corrected chi connectivity index (χ2v) is 4.44. The van der Waals surface area contributed by atoms with Crippen LogP contribution in [0.5, 0.6) is 0 Å². The third-order valence-electron chi connectivity index (χ3n) is 2.67. The van der Waals surface area contributed by atoms with Gasteiger partial charge in [0.2, 0.25) is 5.82 Å². The number of hydrogen-bond donors (Lipinski definition) is 1. The fraction of sp³-hybridized carbons (Fsp3) is 0. The molecule has 0 aliphatic heterocycles. The average molecular weight is 272 g/mol. The Morgan fingerprint density at radius 2 is 1.89 bits per heavy atom. The molecule has 0 aliphatic rings. The van der Waals surface area contributed by atoms with Crippen molar-refractivity contribution in [3.8, 4) is 22.8 Å². The highest BCUT2D eigenvalue weighted by molar-refractivity contribution is 6.33. The maximum absolute atomic E-state index is 6.10. The van der Waals surface area contributed by atoms with Crippen molar-refractivity contribution in [2.75, 3.05) is 5.73 Å². The molecule has 4 nitrogen and oxygen atoms in total. The zero-order valence-corrected chi connectivity index (χ0v) is 10.6. The Hall–Kier alpha value is -2.33. The van der Waals surface area contributed by atoms with Crippen LogP contribution in [0.25, 0.3) is 22.8 Å². The third-order valence-corrected chi connectivity index (χ3v) is 3.00. The van der Waals surface area contributed by atoms with E-state index in [2.05, 4.69) is 10.1 Å². The summed E-state index contributed by atoms with van der Waals surface area (Å²) in [5.41, 5.74) is 7.90. The van der Waals surface area contributed by atoms with Crippen LogP contribution in [0.2, 0.25) is 5.02 Å². The molecule has 3 aromatic rings. The van der Waals surface area contributed by atoms with E-state index in [0.717, 1.165) is 11.1 Å². The Balaban J connectivity index is 2.03. The van der Waals surface area contributed by atoms with Gasteiger partial charge in [0.1, 0.15) is 0 Å². The lowest BCUT2D eigenvalue weighted by molar-refractivity contribution is 0.432. The summed E-state index contributed by atoms with van der Waals surface area (Å²) in [6.45, 7) is 0. The molecule has 0 aliphatic carbocycles. The number of halogens is 1. The van der Waals surface area contributed by atoms with Gasteiger partial charge in [-0.2, -0.15) is 4.98 Å². The highest BCUT2D eigenvalue weighted by Crippen LogP contribution is 2.27. The molecule has 3 rings (SSSR count). The van der Waals surface area contributed by atoms with Crippen LogP contribution < -0.4 is 5.73 Å². The number of nitrogens with zero attached hydrogens (tertiary/aromatic N) is 2. The Bertz CT molecular complexity index is 724. The highest BCUT2D eigenvalue weighted by atomic mass is 35.5. The molecule has 0 unspecified atom stereocenters. The predicted molar refractivity (Wildman–Crippen MR) is 74.6 cm³/mol. The molecule has 0 atom stereocenters. The van der Waals surface area contributed by atoms with Gasteiger partial charge in [-0.05, 0) is 30.3 Å². The molecule has 2 N–H and O–H groups in total. The number of nitrogen functional groups attached to an aromatic ring is 1. The van der Waals surface area contributed by atoms with Crippen LogP contribution in [0.3, 0.4) is 0 Å². The smallest absolute Gasteiger partial charge is 0.258 e. The second kappa shape index (κ2) is 4.74. The molecule has 94 valence electrons.